The zero-order valence-corrected chi connectivity index (χ0v) is 21.3. The van der Waals surface area contributed by atoms with Crippen molar-refractivity contribution in [3.8, 4) is 28.7 Å². The number of alkyl halides is 4. The minimum Gasteiger partial charge on any atom is -0.494 e. The molecular weight excluding hydrogens is 538 g/mol. The van der Waals surface area contributed by atoms with Gasteiger partial charge in [0.25, 0.3) is 18.3 Å². The standard InChI is InChI=1S/C26H21F4N5O3S/c1-38-21-11-32-20(23(27)28)8-18(21)17-6-15(7-22(36)35-12-26(29,30)13-35)31-10-19(17)24(37)34-25-33-9-16(39-25)5-4-14-2-3-14/h6,8-11,14,23H,2-3,7,12-13H2,1H3,(H,33,34,37). The summed E-state index contributed by atoms with van der Waals surface area (Å²) >= 11 is 1.18. The number of carbonyl (C=O) groups is 2. The summed E-state index contributed by atoms with van der Waals surface area (Å²) in [6.45, 7) is -1.37. The van der Waals surface area contributed by atoms with E-state index in [4.69, 9.17) is 4.74 Å². The van der Waals surface area contributed by atoms with Crippen molar-refractivity contribution in [2.75, 3.05) is 25.5 Å². The number of methoxy groups -OCH3 is 1. The Kier molecular flexibility index (Phi) is 7.22. The van der Waals surface area contributed by atoms with Crippen LogP contribution in [0.4, 0.5) is 22.7 Å². The van der Waals surface area contributed by atoms with Gasteiger partial charge in [-0.15, -0.1) is 0 Å². The first-order valence-electron chi connectivity index (χ1n) is 11.9. The molecule has 2 aliphatic rings. The highest BCUT2D eigenvalue weighted by Crippen LogP contribution is 2.36. The molecular formula is C26H21F4N5O3S. The summed E-state index contributed by atoms with van der Waals surface area (Å²) in [5.74, 6) is 2.51. The summed E-state index contributed by atoms with van der Waals surface area (Å²) in [5, 5.41) is 2.95. The van der Waals surface area contributed by atoms with Gasteiger partial charge in [-0.3, -0.25) is 24.9 Å². The normalized spacial score (nSPS) is 15.8. The van der Waals surface area contributed by atoms with Crippen LogP contribution in [0.25, 0.3) is 11.1 Å². The molecule has 1 N–H and O–H groups in total. The van der Waals surface area contributed by atoms with Gasteiger partial charge >= 0.3 is 0 Å². The number of hydrogen-bond donors (Lipinski definition) is 1. The van der Waals surface area contributed by atoms with Gasteiger partial charge in [-0.2, -0.15) is 0 Å². The summed E-state index contributed by atoms with van der Waals surface area (Å²) in [7, 11) is 1.32. The number of anilines is 1. The number of aromatic nitrogens is 3. The summed E-state index contributed by atoms with van der Waals surface area (Å²) in [6, 6.07) is 2.47. The van der Waals surface area contributed by atoms with E-state index < -0.39 is 42.9 Å². The topological polar surface area (TPSA) is 97.3 Å². The smallest absolute Gasteiger partial charge is 0.282 e. The van der Waals surface area contributed by atoms with Crippen LogP contribution in [0.3, 0.4) is 0 Å². The maximum atomic E-state index is 13.5. The average Bonchev–Trinajstić information content (AvgIpc) is 3.62. The third-order valence-corrected chi connectivity index (χ3v) is 6.89. The largest absolute Gasteiger partial charge is 0.494 e. The van der Waals surface area contributed by atoms with Crippen LogP contribution in [-0.4, -0.2) is 57.8 Å². The van der Waals surface area contributed by atoms with Crippen LogP contribution in [0.5, 0.6) is 5.75 Å². The second kappa shape index (κ2) is 10.6. The highest BCUT2D eigenvalue weighted by Gasteiger charge is 2.46. The van der Waals surface area contributed by atoms with Crippen molar-refractivity contribution >= 4 is 28.3 Å². The third-order valence-electron chi connectivity index (χ3n) is 6.06. The van der Waals surface area contributed by atoms with Crippen molar-refractivity contribution in [2.24, 2.45) is 5.92 Å². The van der Waals surface area contributed by atoms with E-state index in [0.717, 1.165) is 30.0 Å². The molecule has 8 nitrogen and oxygen atoms in total. The van der Waals surface area contributed by atoms with Crippen molar-refractivity contribution in [1.29, 1.82) is 0 Å². The number of halogens is 4. The average molecular weight is 560 g/mol. The van der Waals surface area contributed by atoms with Crippen LogP contribution in [0.1, 0.15) is 45.9 Å². The second-order valence-corrected chi connectivity index (χ2v) is 10.2. The minimum absolute atomic E-state index is 0.00721. The fourth-order valence-corrected chi connectivity index (χ4v) is 4.53. The lowest BCUT2D eigenvalue weighted by atomic mass is 9.98. The maximum absolute atomic E-state index is 13.5. The number of amides is 2. The van der Waals surface area contributed by atoms with Crippen LogP contribution in [0.2, 0.25) is 0 Å². The Labute approximate surface area is 224 Å². The van der Waals surface area contributed by atoms with E-state index in [1.807, 2.05) is 0 Å². The zero-order chi connectivity index (χ0) is 27.7. The molecule has 202 valence electrons. The van der Waals surface area contributed by atoms with E-state index >= 15 is 0 Å². The molecule has 0 radical (unpaired) electrons. The second-order valence-electron chi connectivity index (χ2n) is 9.14. The van der Waals surface area contributed by atoms with E-state index in [9.17, 15) is 27.2 Å². The Balaban J connectivity index is 1.47. The molecule has 3 aromatic rings. The molecule has 1 aliphatic heterocycles. The Bertz CT molecular complexity index is 1490. The van der Waals surface area contributed by atoms with Crippen molar-refractivity contribution in [3.05, 3.63) is 52.6 Å². The van der Waals surface area contributed by atoms with Crippen molar-refractivity contribution in [3.63, 3.8) is 0 Å². The molecule has 5 rings (SSSR count). The molecule has 1 saturated heterocycles. The van der Waals surface area contributed by atoms with Gasteiger partial charge in [0, 0.05) is 23.2 Å². The summed E-state index contributed by atoms with van der Waals surface area (Å²) in [4.78, 5) is 39.5. The zero-order valence-electron chi connectivity index (χ0n) is 20.5. The van der Waals surface area contributed by atoms with Gasteiger partial charge in [-0.25, -0.2) is 22.5 Å². The monoisotopic (exact) mass is 559 g/mol. The van der Waals surface area contributed by atoms with Crippen LogP contribution in [-0.2, 0) is 11.2 Å². The van der Waals surface area contributed by atoms with Crippen molar-refractivity contribution < 1.29 is 31.9 Å². The molecule has 0 unspecified atom stereocenters. The van der Waals surface area contributed by atoms with Crippen LogP contribution >= 0.6 is 11.3 Å². The lowest BCUT2D eigenvalue weighted by Gasteiger charge is -2.38. The predicted molar refractivity (Wildman–Crippen MR) is 134 cm³/mol. The highest BCUT2D eigenvalue weighted by atomic mass is 32.1. The fraction of sp³-hybridized carbons (Fsp3) is 0.346. The molecule has 0 bridgehead atoms. The first kappa shape index (κ1) is 26.6. The number of likely N-dealkylation sites (tertiary alicyclic amines) is 1. The minimum atomic E-state index is -2.93. The van der Waals surface area contributed by atoms with Gasteiger partial charge in [0.1, 0.15) is 11.4 Å². The van der Waals surface area contributed by atoms with Gasteiger partial charge in [0.2, 0.25) is 5.91 Å². The Morgan fingerprint density at radius 1 is 1.15 bits per heavy atom. The van der Waals surface area contributed by atoms with Crippen LogP contribution in [0, 0.1) is 17.8 Å². The number of rotatable bonds is 7. The number of ether oxygens (including phenoxy) is 1. The summed E-state index contributed by atoms with van der Waals surface area (Å²) in [5.41, 5.74) is -0.133. The van der Waals surface area contributed by atoms with E-state index in [1.165, 1.54) is 30.7 Å². The van der Waals surface area contributed by atoms with Crippen LogP contribution < -0.4 is 10.1 Å². The van der Waals surface area contributed by atoms with Gasteiger partial charge in [0.05, 0.1) is 55.1 Å². The molecule has 4 heterocycles. The van der Waals surface area contributed by atoms with E-state index in [2.05, 4.69) is 32.1 Å². The first-order chi connectivity index (χ1) is 18.6. The molecule has 1 aliphatic carbocycles. The molecule has 0 atom stereocenters. The molecule has 0 aromatic carbocycles. The molecule has 39 heavy (non-hydrogen) atoms. The Hall–Kier alpha value is -4.05. The quantitative estimate of drug-likeness (QED) is 0.336. The number of nitrogens with one attached hydrogen (secondary N) is 1. The van der Waals surface area contributed by atoms with Crippen molar-refractivity contribution in [2.45, 2.75) is 31.6 Å². The van der Waals surface area contributed by atoms with Gasteiger partial charge in [0.15, 0.2) is 5.13 Å². The molecule has 13 heteroatoms. The highest BCUT2D eigenvalue weighted by molar-refractivity contribution is 7.16. The SMILES string of the molecule is COc1cnc(C(F)F)cc1-c1cc(CC(=O)N2CC(F)(F)C2)ncc1C(=O)Nc1ncc(C#CC2CC2)s1. The van der Waals surface area contributed by atoms with Crippen molar-refractivity contribution in [1.82, 2.24) is 19.9 Å². The van der Waals surface area contributed by atoms with Gasteiger partial charge < -0.3 is 9.64 Å². The number of thiazole rings is 1. The third kappa shape index (κ3) is 6.17. The Morgan fingerprint density at radius 2 is 1.92 bits per heavy atom. The van der Waals surface area contributed by atoms with Gasteiger partial charge in [-0.1, -0.05) is 23.2 Å². The fourth-order valence-electron chi connectivity index (χ4n) is 3.86. The van der Waals surface area contributed by atoms with E-state index in [0.29, 0.717) is 10.8 Å². The maximum Gasteiger partial charge on any atom is 0.282 e. The summed E-state index contributed by atoms with van der Waals surface area (Å²) in [6.07, 6.45) is 2.78. The summed E-state index contributed by atoms with van der Waals surface area (Å²) < 4.78 is 58.7. The number of carbonyl (C=O) groups excluding carboxylic acids is 2. The number of nitrogens with zero attached hydrogens (tertiary/aromatic N) is 4. The van der Waals surface area contributed by atoms with E-state index in [1.54, 1.807) is 6.20 Å². The van der Waals surface area contributed by atoms with Gasteiger partial charge in [-0.05, 0) is 25.0 Å². The number of hydrogen-bond acceptors (Lipinski definition) is 7. The molecule has 1 saturated carbocycles. The Morgan fingerprint density at radius 3 is 2.59 bits per heavy atom. The molecule has 0 spiro atoms. The molecule has 2 fully saturated rings. The number of pyridine rings is 2. The van der Waals surface area contributed by atoms with E-state index in [-0.39, 0.29) is 39.7 Å². The first-order valence-corrected chi connectivity index (χ1v) is 12.7. The molecule has 3 aromatic heterocycles. The molecule has 2 amide bonds. The predicted octanol–water partition coefficient (Wildman–Crippen LogP) is 4.58. The van der Waals surface area contributed by atoms with Crippen LogP contribution in [0.15, 0.2) is 30.7 Å². The lowest BCUT2D eigenvalue weighted by Crippen LogP contribution is -2.58. The lowest BCUT2D eigenvalue weighted by molar-refractivity contribution is -0.165.